The second kappa shape index (κ2) is 14.5. The summed E-state index contributed by atoms with van der Waals surface area (Å²) in [5.74, 6) is 1.31. The lowest BCUT2D eigenvalue weighted by atomic mass is 9.90. The van der Waals surface area contributed by atoms with E-state index in [1.54, 1.807) is 0 Å². The third-order valence-electron chi connectivity index (χ3n) is 10.9. The van der Waals surface area contributed by atoms with Crippen molar-refractivity contribution in [2.75, 3.05) is 4.90 Å². The molecule has 0 radical (unpaired) electrons. The molecule has 2 N–H and O–H groups in total. The van der Waals surface area contributed by atoms with E-state index in [4.69, 9.17) is 15.7 Å². The average molecular weight is 759 g/mol. The van der Waals surface area contributed by atoms with Crippen LogP contribution in [-0.4, -0.2) is 17.7 Å². The SMILES string of the molecule is CC(N=C(N=C(N)c1ccc(-c2ccc(N3c4c(ccc5ccccc45)C4C=CC5=C(Sc6ccccc6S5)C43)cc2)cc1)c1ccccc1)c1ccccc1. The molecule has 7 aromatic rings. The molecule has 0 saturated heterocycles. The van der Waals surface area contributed by atoms with Crippen LogP contribution < -0.4 is 10.6 Å². The van der Waals surface area contributed by atoms with E-state index < -0.39 is 0 Å². The van der Waals surface area contributed by atoms with E-state index >= 15 is 0 Å². The summed E-state index contributed by atoms with van der Waals surface area (Å²) >= 11 is 3.83. The van der Waals surface area contributed by atoms with Crippen LogP contribution in [-0.2, 0) is 0 Å². The van der Waals surface area contributed by atoms with Crippen LogP contribution in [0, 0.1) is 0 Å². The van der Waals surface area contributed by atoms with Gasteiger partial charge in [0, 0.05) is 47.7 Å². The summed E-state index contributed by atoms with van der Waals surface area (Å²) in [5.41, 5.74) is 15.7. The fourth-order valence-corrected chi connectivity index (χ4v) is 10.6. The van der Waals surface area contributed by atoms with Gasteiger partial charge in [0.25, 0.3) is 0 Å². The monoisotopic (exact) mass is 758 g/mol. The van der Waals surface area contributed by atoms with Crippen molar-refractivity contribution in [2.45, 2.75) is 34.7 Å². The quantitative estimate of drug-likeness (QED) is 0.136. The molecule has 10 rings (SSSR count). The van der Waals surface area contributed by atoms with Gasteiger partial charge in [0.1, 0.15) is 5.84 Å². The van der Waals surface area contributed by atoms with Gasteiger partial charge in [0.2, 0.25) is 0 Å². The molecule has 3 atom stereocenters. The Morgan fingerprint density at radius 1 is 0.643 bits per heavy atom. The van der Waals surface area contributed by atoms with E-state index in [0.29, 0.717) is 11.7 Å². The number of nitrogens with two attached hydrogens (primary N) is 1. The highest BCUT2D eigenvalue weighted by Gasteiger charge is 2.45. The van der Waals surface area contributed by atoms with Crippen molar-refractivity contribution in [3.05, 3.63) is 214 Å². The lowest BCUT2D eigenvalue weighted by molar-refractivity contribution is 0.733. The Morgan fingerprint density at radius 3 is 2.04 bits per heavy atom. The minimum Gasteiger partial charge on any atom is -0.383 e. The van der Waals surface area contributed by atoms with Gasteiger partial charge in [-0.2, -0.15) is 0 Å². The van der Waals surface area contributed by atoms with Gasteiger partial charge in [-0.3, -0.25) is 4.99 Å². The van der Waals surface area contributed by atoms with Crippen LogP contribution in [0.2, 0.25) is 0 Å². The normalized spacial score (nSPS) is 18.0. The molecule has 0 amide bonds. The van der Waals surface area contributed by atoms with Crippen molar-refractivity contribution in [3.63, 3.8) is 0 Å². The molecule has 2 heterocycles. The number of benzene rings is 7. The number of anilines is 2. The van der Waals surface area contributed by atoms with Crippen LogP contribution in [0.15, 0.2) is 212 Å². The van der Waals surface area contributed by atoms with Crippen LogP contribution in [0.1, 0.15) is 41.1 Å². The minimum absolute atomic E-state index is 0.0719. The molecule has 0 spiro atoms. The summed E-state index contributed by atoms with van der Waals surface area (Å²) in [5, 5.41) is 2.55. The zero-order chi connectivity index (χ0) is 37.6. The van der Waals surface area contributed by atoms with Crippen molar-refractivity contribution < 1.29 is 0 Å². The van der Waals surface area contributed by atoms with Gasteiger partial charge >= 0.3 is 0 Å². The molecule has 2 aliphatic heterocycles. The molecule has 3 aliphatic rings. The summed E-state index contributed by atoms with van der Waals surface area (Å²) < 4.78 is 0. The highest BCUT2D eigenvalue weighted by Crippen LogP contribution is 2.59. The summed E-state index contributed by atoms with van der Waals surface area (Å²) in [6.45, 7) is 2.08. The van der Waals surface area contributed by atoms with Crippen LogP contribution in [0.3, 0.4) is 0 Å². The van der Waals surface area contributed by atoms with Gasteiger partial charge < -0.3 is 10.6 Å². The largest absolute Gasteiger partial charge is 0.383 e. The van der Waals surface area contributed by atoms with Crippen LogP contribution >= 0.6 is 23.5 Å². The van der Waals surface area contributed by atoms with Gasteiger partial charge in [-0.1, -0.05) is 181 Å². The molecule has 0 fully saturated rings. The first kappa shape index (κ1) is 34.4. The second-order valence-electron chi connectivity index (χ2n) is 14.3. The van der Waals surface area contributed by atoms with Crippen molar-refractivity contribution in [2.24, 2.45) is 15.7 Å². The van der Waals surface area contributed by atoms with Crippen molar-refractivity contribution in [1.29, 1.82) is 0 Å². The zero-order valence-electron chi connectivity index (χ0n) is 30.8. The topological polar surface area (TPSA) is 54.0 Å². The molecule has 6 heteroatoms. The van der Waals surface area contributed by atoms with Gasteiger partial charge in [0.15, 0.2) is 5.84 Å². The van der Waals surface area contributed by atoms with E-state index in [1.165, 1.54) is 47.3 Å². The number of fused-ring (bicyclic) bond motifs is 7. The lowest BCUT2D eigenvalue weighted by Crippen LogP contribution is -2.33. The number of nitrogens with zero attached hydrogens (tertiary/aromatic N) is 3. The summed E-state index contributed by atoms with van der Waals surface area (Å²) in [6.07, 6.45) is 4.79. The highest BCUT2D eigenvalue weighted by molar-refractivity contribution is 8.09. The molecular weight excluding hydrogens is 721 g/mol. The Hall–Kier alpha value is -6.08. The number of rotatable bonds is 6. The summed E-state index contributed by atoms with van der Waals surface area (Å²) in [4.78, 5) is 17.9. The van der Waals surface area contributed by atoms with Crippen LogP contribution in [0.4, 0.5) is 11.4 Å². The molecule has 0 saturated carbocycles. The summed E-state index contributed by atoms with van der Waals surface area (Å²) in [7, 11) is 0. The third-order valence-corrected chi connectivity index (χ3v) is 13.6. The Kier molecular flexibility index (Phi) is 8.93. The van der Waals surface area contributed by atoms with Gasteiger partial charge in [-0.15, -0.1) is 0 Å². The van der Waals surface area contributed by atoms with Crippen LogP contribution in [0.5, 0.6) is 0 Å². The van der Waals surface area contributed by atoms with Gasteiger partial charge in [-0.25, -0.2) is 4.99 Å². The van der Waals surface area contributed by atoms with Crippen molar-refractivity contribution >= 4 is 57.3 Å². The first-order valence-electron chi connectivity index (χ1n) is 19.0. The van der Waals surface area contributed by atoms with E-state index in [0.717, 1.165) is 27.8 Å². The fourth-order valence-electron chi connectivity index (χ4n) is 8.10. The van der Waals surface area contributed by atoms with E-state index in [-0.39, 0.29) is 18.0 Å². The minimum atomic E-state index is -0.0719. The number of hydrogen-bond donors (Lipinski definition) is 1. The number of thioether (sulfide) groups is 2. The Bertz CT molecular complexity index is 2720. The second-order valence-corrected chi connectivity index (χ2v) is 16.5. The fraction of sp³-hybridized carbons (Fsp3) is 0.0800. The average Bonchev–Trinajstić information content (AvgIpc) is 3.61. The number of amidine groups is 2. The van der Waals surface area contributed by atoms with Gasteiger partial charge in [-0.05, 0) is 58.8 Å². The number of hydrogen-bond acceptors (Lipinski definition) is 4. The molecule has 3 unspecified atom stereocenters. The number of allylic oxidation sites excluding steroid dienone is 1. The molecule has 7 aromatic carbocycles. The molecule has 1 aliphatic carbocycles. The first-order valence-corrected chi connectivity index (χ1v) is 20.6. The van der Waals surface area contributed by atoms with Gasteiger partial charge in [0.05, 0.1) is 17.8 Å². The number of aliphatic imine (C=N–C) groups is 2. The Balaban J connectivity index is 0.970. The maximum absolute atomic E-state index is 6.68. The molecule has 270 valence electrons. The molecule has 56 heavy (non-hydrogen) atoms. The Labute approximate surface area is 336 Å². The molecule has 0 bridgehead atoms. The van der Waals surface area contributed by atoms with Crippen molar-refractivity contribution in [1.82, 2.24) is 0 Å². The van der Waals surface area contributed by atoms with E-state index in [9.17, 15) is 0 Å². The highest BCUT2D eigenvalue weighted by atomic mass is 32.2. The third kappa shape index (κ3) is 6.25. The standard InChI is InChI=1S/C50H38N4S2/c1-32(33-12-4-2-5-13-33)52-50(38-15-6-3-7-16-38)53-49(51)37-22-20-34(21-23-37)35-24-27-39(28-25-35)54-46-40-17-9-8-14-36(40)26-29-41(46)42-30-31-45-48(47(42)54)56-44-19-11-10-18-43(44)55-45/h2-32,42,47H,1H3,(H2,51,52,53). The predicted molar refractivity (Wildman–Crippen MR) is 237 cm³/mol. The van der Waals surface area contributed by atoms with E-state index in [1.807, 2.05) is 72.1 Å². The molecule has 0 aromatic heterocycles. The molecular formula is C50H38N4S2. The lowest BCUT2D eigenvalue weighted by Gasteiger charge is -2.36. The summed E-state index contributed by atoms with van der Waals surface area (Å²) in [6, 6.07) is 60.1. The van der Waals surface area contributed by atoms with Crippen molar-refractivity contribution in [3.8, 4) is 11.1 Å². The molecule has 4 nitrogen and oxygen atoms in total. The predicted octanol–water partition coefficient (Wildman–Crippen LogP) is 12.7. The smallest absolute Gasteiger partial charge is 0.157 e. The maximum Gasteiger partial charge on any atom is 0.157 e. The van der Waals surface area contributed by atoms with E-state index in [2.05, 4.69) is 145 Å². The van der Waals surface area contributed by atoms with Crippen LogP contribution in [0.25, 0.3) is 21.9 Å². The Morgan fingerprint density at radius 2 is 1.29 bits per heavy atom. The first-order chi connectivity index (χ1) is 27.6. The maximum atomic E-state index is 6.68. The zero-order valence-corrected chi connectivity index (χ0v) is 32.4.